The Labute approximate surface area is 330 Å². The van der Waals surface area contributed by atoms with Gasteiger partial charge in [-0.2, -0.15) is 5.10 Å². The second kappa shape index (κ2) is 14.4. The van der Waals surface area contributed by atoms with E-state index in [2.05, 4.69) is 59.0 Å². The van der Waals surface area contributed by atoms with Crippen LogP contribution in [0.3, 0.4) is 0 Å². The minimum atomic E-state index is -1.04. The summed E-state index contributed by atoms with van der Waals surface area (Å²) in [4.78, 5) is 56.8. The zero-order valence-corrected chi connectivity index (χ0v) is 31.6. The molecule has 0 bridgehead atoms. The van der Waals surface area contributed by atoms with Crippen molar-refractivity contribution in [3.8, 4) is 16.8 Å². The fraction of sp³-hybridized carbons (Fsp3) is 0.250. The summed E-state index contributed by atoms with van der Waals surface area (Å²) in [5.74, 6) is -0.641. The van der Waals surface area contributed by atoms with Crippen LogP contribution in [0.4, 0.5) is 5.69 Å². The number of anilines is 1. The highest BCUT2D eigenvalue weighted by atomic mass is 35.5. The van der Waals surface area contributed by atoms with Gasteiger partial charge in [0, 0.05) is 53.1 Å². The summed E-state index contributed by atoms with van der Waals surface area (Å²) >= 11 is 6.24. The Morgan fingerprint density at radius 3 is 2.51 bits per heavy atom. The lowest BCUT2D eigenvalue weighted by molar-refractivity contribution is -0.136. The van der Waals surface area contributed by atoms with Gasteiger partial charge < -0.3 is 5.32 Å². The molecule has 286 valence electrons. The molecule has 0 radical (unpaired) electrons. The smallest absolute Gasteiger partial charge is 0.264 e. The third-order valence-electron chi connectivity index (χ3n) is 10.4. The van der Waals surface area contributed by atoms with Crippen LogP contribution in [0.1, 0.15) is 81.4 Å². The Balaban J connectivity index is 0.853. The largest absolute Gasteiger partial charge is 0.379 e. The summed E-state index contributed by atoms with van der Waals surface area (Å²) < 4.78 is 5.73. The third kappa shape index (κ3) is 6.56. The average Bonchev–Trinajstić information content (AvgIpc) is 3.99. The lowest BCUT2D eigenvalue weighted by Gasteiger charge is -2.27. The van der Waals surface area contributed by atoms with Crippen molar-refractivity contribution in [3.05, 3.63) is 124 Å². The second-order valence-corrected chi connectivity index (χ2v) is 14.6. The van der Waals surface area contributed by atoms with E-state index in [9.17, 15) is 19.2 Å². The summed E-state index contributed by atoms with van der Waals surface area (Å²) in [6.07, 6.45) is 6.59. The van der Waals surface area contributed by atoms with E-state index in [1.807, 2.05) is 61.4 Å². The molecule has 2 atom stereocenters. The molecule has 16 nitrogen and oxygen atoms in total. The predicted molar refractivity (Wildman–Crippen MR) is 208 cm³/mol. The summed E-state index contributed by atoms with van der Waals surface area (Å²) in [5, 5.41) is 28.1. The molecule has 6 heterocycles. The van der Waals surface area contributed by atoms with Gasteiger partial charge in [0.05, 0.1) is 41.5 Å². The molecule has 17 heteroatoms. The van der Waals surface area contributed by atoms with E-state index in [0.29, 0.717) is 29.5 Å². The van der Waals surface area contributed by atoms with E-state index in [1.165, 1.54) is 0 Å². The zero-order valence-electron chi connectivity index (χ0n) is 30.9. The van der Waals surface area contributed by atoms with Gasteiger partial charge in [-0.25, -0.2) is 0 Å². The van der Waals surface area contributed by atoms with Gasteiger partial charge in [-0.15, -0.1) is 15.3 Å². The van der Waals surface area contributed by atoms with Crippen LogP contribution in [0.5, 0.6) is 0 Å². The normalized spacial score (nSPS) is 17.5. The maximum absolute atomic E-state index is 13.4. The van der Waals surface area contributed by atoms with E-state index in [-0.39, 0.29) is 36.6 Å². The van der Waals surface area contributed by atoms with Gasteiger partial charge in [0.2, 0.25) is 11.8 Å². The number of benzene rings is 3. The number of nitrogens with zero attached hydrogens (tertiary/aromatic N) is 10. The van der Waals surface area contributed by atoms with Crippen molar-refractivity contribution in [2.75, 3.05) is 5.32 Å². The number of aryl methyl sites for hydroxylation is 3. The summed E-state index contributed by atoms with van der Waals surface area (Å²) in [6.45, 7) is 5.45. The lowest BCUT2D eigenvalue weighted by atomic mass is 9.96. The highest BCUT2D eigenvalue weighted by Crippen LogP contribution is 2.35. The van der Waals surface area contributed by atoms with Crippen LogP contribution in [0.2, 0.25) is 5.02 Å². The van der Waals surface area contributed by atoms with Crippen LogP contribution in [0.25, 0.3) is 16.8 Å². The SMILES string of the molecule is Cc1nnc2n1-c1ccc(-c3cnn(CCCn4cc(CNc5cccc6c5C(=O)N(C5CCC(=O)NC5=O)C6=O)nn4)c3)cc1C(c1ccc(Cl)cc1)=N[C@H]2C. The number of halogens is 1. The Bertz CT molecular complexity index is 2640. The highest BCUT2D eigenvalue weighted by molar-refractivity contribution is 6.30. The molecule has 2 N–H and O–H groups in total. The fourth-order valence-electron chi connectivity index (χ4n) is 7.61. The van der Waals surface area contributed by atoms with E-state index in [1.54, 1.807) is 22.9 Å². The molecule has 4 amide bonds. The van der Waals surface area contributed by atoms with Gasteiger partial charge >= 0.3 is 0 Å². The first-order chi connectivity index (χ1) is 27.6. The molecule has 1 fully saturated rings. The van der Waals surface area contributed by atoms with Crippen molar-refractivity contribution in [2.45, 2.75) is 64.8 Å². The monoisotopic (exact) mass is 782 g/mol. The molecular formula is C40H35ClN12O4. The minimum Gasteiger partial charge on any atom is -0.379 e. The van der Waals surface area contributed by atoms with Crippen molar-refractivity contribution in [1.82, 2.24) is 49.8 Å². The van der Waals surface area contributed by atoms with Crippen LogP contribution in [-0.2, 0) is 29.2 Å². The zero-order chi connectivity index (χ0) is 39.4. The van der Waals surface area contributed by atoms with Gasteiger partial charge in [-0.05, 0) is 68.7 Å². The highest BCUT2D eigenvalue weighted by Gasteiger charge is 2.45. The molecule has 9 rings (SSSR count). The standard InChI is InChI=1S/C40H35ClN12O4/c1-22-37-48-46-23(2)52(37)32-12-9-25(17-30(32)36(44-22)24-7-10-27(41)11-8-24)26-18-43-50(20-26)15-4-16-51-21-28(47-49-51)19-42-31-6-3-5-29-35(31)40(57)53(39(29)56)33-13-14-34(54)45-38(33)55/h3,5-12,17-18,20-22,33,42H,4,13-16,19H2,1-2H3,(H,45,54,55)/t22-,33?/m0/s1. The number of fused-ring (bicyclic) bond motifs is 4. The van der Waals surface area contributed by atoms with Crippen LogP contribution < -0.4 is 10.6 Å². The van der Waals surface area contributed by atoms with Crippen LogP contribution in [-0.4, -0.2) is 79.8 Å². The number of piperidine rings is 1. The molecule has 6 aromatic rings. The minimum absolute atomic E-state index is 0.0538. The average molecular weight is 783 g/mol. The van der Waals surface area contributed by atoms with Crippen LogP contribution >= 0.6 is 11.6 Å². The summed E-state index contributed by atoms with van der Waals surface area (Å²) in [7, 11) is 0. The number of imide groups is 2. The first-order valence-corrected chi connectivity index (χ1v) is 18.9. The molecule has 0 saturated carbocycles. The number of hydrogen-bond donors (Lipinski definition) is 2. The topological polar surface area (TPSA) is 187 Å². The number of amides is 4. The van der Waals surface area contributed by atoms with Crippen molar-refractivity contribution < 1.29 is 19.2 Å². The van der Waals surface area contributed by atoms with Gasteiger partial charge in [0.1, 0.15) is 23.6 Å². The summed E-state index contributed by atoms with van der Waals surface area (Å²) in [5.41, 5.74) is 7.16. The quantitative estimate of drug-likeness (QED) is 0.185. The van der Waals surface area contributed by atoms with Crippen molar-refractivity contribution in [1.29, 1.82) is 0 Å². The molecule has 57 heavy (non-hydrogen) atoms. The molecule has 3 aliphatic heterocycles. The van der Waals surface area contributed by atoms with Gasteiger partial charge in [-0.3, -0.25) is 48.3 Å². The van der Waals surface area contributed by atoms with Gasteiger partial charge in [-0.1, -0.05) is 41.1 Å². The number of hydrogen-bond acceptors (Lipinski definition) is 11. The first kappa shape index (κ1) is 35.9. The van der Waals surface area contributed by atoms with Crippen LogP contribution in [0.15, 0.2) is 84.2 Å². The lowest BCUT2D eigenvalue weighted by Crippen LogP contribution is -2.54. The van der Waals surface area contributed by atoms with Crippen molar-refractivity contribution >= 4 is 46.6 Å². The van der Waals surface area contributed by atoms with E-state index >= 15 is 0 Å². The van der Waals surface area contributed by atoms with E-state index in [0.717, 1.165) is 56.6 Å². The predicted octanol–water partition coefficient (Wildman–Crippen LogP) is 4.70. The molecule has 3 aromatic carbocycles. The Hall–Kier alpha value is -6.81. The van der Waals surface area contributed by atoms with Crippen molar-refractivity contribution in [3.63, 3.8) is 0 Å². The second-order valence-electron chi connectivity index (χ2n) is 14.2. The molecule has 1 saturated heterocycles. The molecule has 1 unspecified atom stereocenters. The maximum atomic E-state index is 13.4. The number of aromatic nitrogens is 8. The number of nitrogens with one attached hydrogen (secondary N) is 2. The molecule has 0 aliphatic carbocycles. The number of rotatable bonds is 10. The van der Waals surface area contributed by atoms with E-state index < -0.39 is 29.7 Å². The van der Waals surface area contributed by atoms with Crippen molar-refractivity contribution in [2.24, 2.45) is 4.99 Å². The molecule has 3 aliphatic rings. The Morgan fingerprint density at radius 1 is 0.877 bits per heavy atom. The summed E-state index contributed by atoms with van der Waals surface area (Å²) in [6, 6.07) is 17.7. The first-order valence-electron chi connectivity index (χ1n) is 18.5. The van der Waals surface area contributed by atoms with Gasteiger partial charge in [0.25, 0.3) is 11.8 Å². The molecule has 0 spiro atoms. The third-order valence-corrected chi connectivity index (χ3v) is 10.7. The maximum Gasteiger partial charge on any atom is 0.264 e. The Morgan fingerprint density at radius 2 is 1.68 bits per heavy atom. The fourth-order valence-corrected chi connectivity index (χ4v) is 7.74. The van der Waals surface area contributed by atoms with E-state index in [4.69, 9.17) is 16.6 Å². The molecular weight excluding hydrogens is 748 g/mol. The van der Waals surface area contributed by atoms with Crippen LogP contribution in [0, 0.1) is 6.92 Å². The number of carbonyl (C=O) groups is 4. The number of aliphatic imine (C=N–C) groups is 1. The van der Waals surface area contributed by atoms with Gasteiger partial charge in [0.15, 0.2) is 5.82 Å². The number of carbonyl (C=O) groups excluding carboxylic acids is 4. The molecule has 3 aromatic heterocycles. The Kier molecular flexibility index (Phi) is 9.04.